The van der Waals surface area contributed by atoms with Gasteiger partial charge in [0.25, 0.3) is 11.8 Å². The SMILES string of the molecule is COCCCOc1cc(C(=O)N(C(C)C)[C@@H]2CC[C@H](CCN(C(=O)Cc3cccnc3)C3CC3)NC2)ccc1OC.COCCCOc1cc(C(=O)N(C(C)C)[C@@H]2CC[C@H](CCNC3CC3)N(C(=O)OC(C)(C)C)C2)ccc1OC.O=C(O)C(F)(F)F. The maximum Gasteiger partial charge on any atom is 0.490 e. The van der Waals surface area contributed by atoms with Gasteiger partial charge >= 0.3 is 18.2 Å². The average Bonchev–Trinajstić information content (AvgIpc) is 2.27. The number of halogens is 3. The van der Waals surface area contributed by atoms with Crippen molar-refractivity contribution in [3.63, 3.8) is 0 Å². The Kier molecular flexibility index (Phi) is 28.6. The van der Waals surface area contributed by atoms with E-state index in [9.17, 15) is 32.3 Å². The van der Waals surface area contributed by atoms with Crippen LogP contribution in [0, 0.1) is 0 Å². The third-order valence-corrected chi connectivity index (χ3v) is 15.3. The van der Waals surface area contributed by atoms with Gasteiger partial charge in [-0.05, 0) is 167 Å². The number of rotatable bonds is 28. The molecule has 3 aromatic rings. The Balaban J connectivity index is 0.000000286. The first-order valence-corrected chi connectivity index (χ1v) is 30.6. The van der Waals surface area contributed by atoms with E-state index in [-0.39, 0.29) is 54.0 Å². The fourth-order valence-corrected chi connectivity index (χ4v) is 10.7. The number of carbonyl (C=O) groups is 5. The van der Waals surface area contributed by atoms with Crippen LogP contribution in [0.15, 0.2) is 60.9 Å². The number of piperidine rings is 2. The van der Waals surface area contributed by atoms with Crippen LogP contribution < -0.4 is 29.6 Å². The molecule has 0 unspecified atom stereocenters. The van der Waals surface area contributed by atoms with E-state index in [1.165, 1.54) is 12.8 Å². The summed E-state index contributed by atoms with van der Waals surface area (Å²) in [6, 6.07) is 15.9. The second-order valence-corrected chi connectivity index (χ2v) is 24.1. The van der Waals surface area contributed by atoms with Crippen molar-refractivity contribution < 1.29 is 75.4 Å². The van der Waals surface area contributed by atoms with Crippen molar-refractivity contribution in [2.45, 2.75) is 192 Å². The number of likely N-dealkylation sites (tertiary alicyclic amines) is 1. The maximum absolute atomic E-state index is 13.9. The summed E-state index contributed by atoms with van der Waals surface area (Å²) in [5.41, 5.74) is 1.50. The molecule has 4 atom stereocenters. The highest BCUT2D eigenvalue weighted by atomic mass is 19.4. The number of benzene rings is 2. The Morgan fingerprint density at radius 2 is 1.25 bits per heavy atom. The smallest absolute Gasteiger partial charge is 0.490 e. The van der Waals surface area contributed by atoms with E-state index in [0.29, 0.717) is 91.6 Å². The number of pyridine rings is 1. The molecule has 2 aliphatic carbocycles. The summed E-state index contributed by atoms with van der Waals surface area (Å²) >= 11 is 0. The number of nitrogens with zero attached hydrogens (tertiary/aromatic N) is 5. The standard InChI is InChI=1S/C32H46N4O5.C30H49N3O6.C2HF3O2/c1-23(2)36(32(38)25-8-13-29(40-4)30(20-25)41-18-6-17-39-3)28-10-9-26(34-22-28)14-16-35(27-11-12-27)31(37)19-24-7-5-15-33-21-24;1-21(2)33(28(34)22-9-14-26(37-7)27(19-22)38-18-8-17-36-6)25-13-12-24(15-16-31-23-10-11-23)32(20-25)29(35)39-30(3,4)5;3-2(4,5)1(6)7/h5,7-8,13,15,20-21,23,26-28,34H,6,9-12,14,16-19,22H2,1-4H3;9,14,19,21,23-25,31H,8,10-13,15-18,20H2,1-7H3;(H,6,7)/t26-,28-;24-,25-;/m11./s1. The van der Waals surface area contributed by atoms with E-state index < -0.39 is 17.7 Å². The van der Waals surface area contributed by atoms with Crippen LogP contribution in [0.4, 0.5) is 18.0 Å². The first-order chi connectivity index (χ1) is 41.4. The van der Waals surface area contributed by atoms with Crippen LogP contribution in [0.5, 0.6) is 23.0 Å². The number of nitrogens with one attached hydrogen (secondary N) is 2. The molecule has 23 heteroatoms. The molecule has 4 aliphatic rings. The van der Waals surface area contributed by atoms with Crippen molar-refractivity contribution in [1.82, 2.24) is 35.2 Å². The Morgan fingerprint density at radius 3 is 1.70 bits per heavy atom. The zero-order valence-corrected chi connectivity index (χ0v) is 53.0. The van der Waals surface area contributed by atoms with Gasteiger partial charge in [0.15, 0.2) is 23.0 Å². The molecule has 1 aromatic heterocycles. The number of alkyl halides is 3. The van der Waals surface area contributed by atoms with Crippen LogP contribution in [0.25, 0.3) is 0 Å². The molecule has 0 spiro atoms. The summed E-state index contributed by atoms with van der Waals surface area (Å²) in [5.74, 6) is -0.371. The first-order valence-electron chi connectivity index (χ1n) is 30.6. The normalized spacial score (nSPS) is 18.5. The van der Waals surface area contributed by atoms with Crippen molar-refractivity contribution in [2.24, 2.45) is 0 Å². The number of carboxylic acid groups (broad SMARTS) is 1. The molecule has 3 heterocycles. The second-order valence-electron chi connectivity index (χ2n) is 24.1. The minimum absolute atomic E-state index is 0.00412. The predicted octanol–water partition coefficient (Wildman–Crippen LogP) is 9.61. The molecule has 87 heavy (non-hydrogen) atoms. The lowest BCUT2D eigenvalue weighted by atomic mass is 9.94. The van der Waals surface area contributed by atoms with Crippen molar-refractivity contribution in [3.05, 3.63) is 77.6 Å². The summed E-state index contributed by atoms with van der Waals surface area (Å²) in [5, 5.41) is 14.4. The molecule has 4 amide bonds. The lowest BCUT2D eigenvalue weighted by Gasteiger charge is -2.45. The molecule has 20 nitrogen and oxygen atoms in total. The van der Waals surface area contributed by atoms with E-state index >= 15 is 0 Å². The van der Waals surface area contributed by atoms with E-state index in [0.717, 1.165) is 89.4 Å². The highest BCUT2D eigenvalue weighted by Gasteiger charge is 2.41. The van der Waals surface area contributed by atoms with Crippen molar-refractivity contribution in [1.29, 1.82) is 0 Å². The number of carbonyl (C=O) groups excluding carboxylic acids is 4. The number of aliphatic carboxylic acids is 1. The first kappa shape index (κ1) is 71.3. The molecular formula is C64H96F3N7O13. The molecule has 2 aromatic carbocycles. The lowest BCUT2D eigenvalue weighted by Crippen LogP contribution is -2.57. The van der Waals surface area contributed by atoms with Gasteiger partial charge in [0.1, 0.15) is 5.60 Å². The number of amides is 4. The zero-order valence-electron chi connectivity index (χ0n) is 53.0. The average molecular weight is 1230 g/mol. The summed E-state index contributed by atoms with van der Waals surface area (Å²) in [6.07, 6.45) is 9.99. The van der Waals surface area contributed by atoms with Gasteiger partial charge in [0.05, 0.1) is 39.9 Å². The van der Waals surface area contributed by atoms with Gasteiger partial charge in [-0.1, -0.05) is 6.07 Å². The number of hydrogen-bond acceptors (Lipinski definition) is 15. The molecule has 486 valence electrons. The molecule has 2 saturated heterocycles. The minimum atomic E-state index is -5.08. The molecule has 3 N–H and O–H groups in total. The van der Waals surface area contributed by atoms with Gasteiger partial charge in [-0.25, -0.2) is 9.59 Å². The Hall–Kier alpha value is -6.43. The molecule has 2 aliphatic heterocycles. The Bertz CT molecular complexity index is 2610. The molecular weight excluding hydrogens is 1130 g/mol. The molecule has 4 fully saturated rings. The number of aromatic nitrogens is 1. The van der Waals surface area contributed by atoms with Crippen LogP contribution in [0.3, 0.4) is 0 Å². The van der Waals surface area contributed by atoms with Crippen LogP contribution in [0.1, 0.15) is 152 Å². The summed E-state index contributed by atoms with van der Waals surface area (Å²) < 4.78 is 70.5. The van der Waals surface area contributed by atoms with Gasteiger partial charge in [-0.3, -0.25) is 19.4 Å². The topological polar surface area (TPSA) is 220 Å². The van der Waals surface area contributed by atoms with Crippen molar-refractivity contribution in [3.8, 4) is 23.0 Å². The highest BCUT2D eigenvalue weighted by Crippen LogP contribution is 2.34. The Morgan fingerprint density at radius 1 is 0.713 bits per heavy atom. The van der Waals surface area contributed by atoms with Crippen LogP contribution in [0.2, 0.25) is 0 Å². The lowest BCUT2D eigenvalue weighted by molar-refractivity contribution is -0.192. The predicted molar refractivity (Wildman–Crippen MR) is 324 cm³/mol. The number of carboxylic acids is 1. The second kappa shape index (κ2) is 34.9. The molecule has 0 radical (unpaired) electrons. The van der Waals surface area contributed by atoms with Gasteiger partial charge < -0.3 is 68.5 Å². The van der Waals surface area contributed by atoms with Gasteiger partial charge in [0.2, 0.25) is 5.91 Å². The third kappa shape index (κ3) is 23.6. The fourth-order valence-electron chi connectivity index (χ4n) is 10.7. The van der Waals surface area contributed by atoms with Crippen LogP contribution in [-0.2, 0) is 30.2 Å². The number of ether oxygens (including phenoxy) is 7. The highest BCUT2D eigenvalue weighted by molar-refractivity contribution is 5.96. The summed E-state index contributed by atoms with van der Waals surface area (Å²) in [4.78, 5) is 74.9. The van der Waals surface area contributed by atoms with E-state index in [1.807, 2.05) is 67.5 Å². The van der Waals surface area contributed by atoms with Gasteiger partial charge in [-0.2, -0.15) is 13.2 Å². The molecule has 0 bridgehead atoms. The summed E-state index contributed by atoms with van der Waals surface area (Å²) in [7, 11) is 6.51. The van der Waals surface area contributed by atoms with Crippen LogP contribution >= 0.6 is 0 Å². The monoisotopic (exact) mass is 1230 g/mol. The maximum atomic E-state index is 13.9. The van der Waals surface area contributed by atoms with E-state index in [2.05, 4.69) is 34.4 Å². The molecule has 2 saturated carbocycles. The van der Waals surface area contributed by atoms with Gasteiger partial charge in [0, 0.05) is 126 Å². The number of hydrogen-bond donors (Lipinski definition) is 3. The quantitative estimate of drug-likeness (QED) is 0.0576. The fraction of sp³-hybridized carbons (Fsp3) is 0.656. The van der Waals surface area contributed by atoms with E-state index in [4.69, 9.17) is 43.1 Å². The van der Waals surface area contributed by atoms with Crippen molar-refractivity contribution >= 4 is 29.8 Å². The van der Waals surface area contributed by atoms with Gasteiger partial charge in [-0.15, -0.1) is 0 Å². The Labute approximate surface area is 512 Å². The minimum Gasteiger partial charge on any atom is -0.493 e. The summed E-state index contributed by atoms with van der Waals surface area (Å²) in [6.45, 7) is 18.8. The van der Waals surface area contributed by atoms with Crippen molar-refractivity contribution in [2.75, 3.05) is 81.0 Å². The third-order valence-electron chi connectivity index (χ3n) is 15.3. The largest absolute Gasteiger partial charge is 0.493 e. The van der Waals surface area contributed by atoms with E-state index in [1.54, 1.807) is 71.2 Å². The number of methoxy groups -OCH3 is 4. The zero-order chi connectivity index (χ0) is 63.8. The van der Waals surface area contributed by atoms with Crippen LogP contribution in [-0.4, -0.2) is 201 Å². The molecule has 7 rings (SSSR count).